The highest BCUT2D eigenvalue weighted by atomic mass is 16.5. The molecular weight excluding hydrogens is 404 g/mol. The predicted molar refractivity (Wildman–Crippen MR) is 142 cm³/mol. The molecule has 0 fully saturated rings. The van der Waals surface area contributed by atoms with Crippen molar-refractivity contribution in [1.82, 2.24) is 0 Å². The Morgan fingerprint density at radius 3 is 1.52 bits per heavy atom. The Hall–Kier alpha value is -2.16. The molecule has 0 aliphatic rings. The third-order valence-electron chi connectivity index (χ3n) is 6.14. The first kappa shape index (κ1) is 27.1. The van der Waals surface area contributed by atoms with Crippen LogP contribution in [-0.2, 0) is 6.42 Å². The molecule has 33 heavy (non-hydrogen) atoms. The average Bonchev–Trinajstić information content (AvgIpc) is 2.85. The first-order chi connectivity index (χ1) is 16.3. The maximum atomic E-state index is 5.79. The average molecular weight is 451 g/mol. The molecule has 0 bridgehead atoms. The molecule has 182 valence electrons. The Bertz CT molecular complexity index is 737. The van der Waals surface area contributed by atoms with Crippen LogP contribution in [0.3, 0.4) is 0 Å². The Morgan fingerprint density at radius 1 is 0.515 bits per heavy atom. The number of ether oxygens (including phenoxy) is 1. The molecule has 0 amide bonds. The quantitative estimate of drug-likeness (QED) is 0.155. The summed E-state index contributed by atoms with van der Waals surface area (Å²) in [5.74, 6) is 0.904. The SMILES string of the molecule is CCCCCCCCCCCCc1ccc(N=Nc2ccc(OCCCCCC)cc2)cc1. The van der Waals surface area contributed by atoms with E-state index >= 15 is 0 Å². The van der Waals surface area contributed by atoms with E-state index in [0.29, 0.717) is 0 Å². The van der Waals surface area contributed by atoms with Crippen LogP contribution >= 0.6 is 0 Å². The number of azo groups is 1. The number of hydrogen-bond donors (Lipinski definition) is 0. The van der Waals surface area contributed by atoms with Crippen molar-refractivity contribution in [2.24, 2.45) is 10.2 Å². The molecule has 0 atom stereocenters. The second-order valence-corrected chi connectivity index (χ2v) is 9.20. The molecular formula is C30H46N2O. The van der Waals surface area contributed by atoms with Crippen molar-refractivity contribution in [1.29, 1.82) is 0 Å². The van der Waals surface area contributed by atoms with Crippen LogP contribution < -0.4 is 4.74 Å². The normalized spacial score (nSPS) is 11.3. The smallest absolute Gasteiger partial charge is 0.119 e. The number of rotatable bonds is 19. The van der Waals surface area contributed by atoms with E-state index in [0.717, 1.165) is 36.6 Å². The van der Waals surface area contributed by atoms with Crippen molar-refractivity contribution < 1.29 is 4.74 Å². The van der Waals surface area contributed by atoms with Gasteiger partial charge in [0.15, 0.2) is 0 Å². The zero-order valence-corrected chi connectivity index (χ0v) is 21.2. The molecule has 0 radical (unpaired) electrons. The van der Waals surface area contributed by atoms with Gasteiger partial charge in [-0.15, -0.1) is 0 Å². The van der Waals surface area contributed by atoms with Crippen LogP contribution in [0.5, 0.6) is 5.75 Å². The minimum Gasteiger partial charge on any atom is -0.494 e. The van der Waals surface area contributed by atoms with Crippen molar-refractivity contribution in [2.45, 2.75) is 110 Å². The highest BCUT2D eigenvalue weighted by Crippen LogP contribution is 2.22. The minimum atomic E-state index is 0.784. The van der Waals surface area contributed by atoms with E-state index < -0.39 is 0 Å². The topological polar surface area (TPSA) is 34.0 Å². The summed E-state index contributed by atoms with van der Waals surface area (Å²) in [6.07, 6.45) is 19.9. The third-order valence-corrected chi connectivity index (χ3v) is 6.14. The van der Waals surface area contributed by atoms with E-state index in [9.17, 15) is 0 Å². The highest BCUT2D eigenvalue weighted by Gasteiger charge is 1.98. The molecule has 0 spiro atoms. The number of aryl methyl sites for hydroxylation is 1. The molecule has 0 aliphatic heterocycles. The van der Waals surface area contributed by atoms with Crippen molar-refractivity contribution in [3.8, 4) is 5.75 Å². The Morgan fingerprint density at radius 2 is 0.970 bits per heavy atom. The van der Waals surface area contributed by atoms with Gasteiger partial charge in [0.2, 0.25) is 0 Å². The fraction of sp³-hybridized carbons (Fsp3) is 0.600. The predicted octanol–water partition coefficient (Wildman–Crippen LogP) is 10.5. The van der Waals surface area contributed by atoms with Gasteiger partial charge in [-0.05, 0) is 61.2 Å². The maximum Gasteiger partial charge on any atom is 0.119 e. The number of hydrogen-bond acceptors (Lipinski definition) is 3. The minimum absolute atomic E-state index is 0.784. The van der Waals surface area contributed by atoms with Crippen LogP contribution in [0.15, 0.2) is 58.8 Å². The third kappa shape index (κ3) is 13.2. The zero-order chi connectivity index (χ0) is 23.4. The monoisotopic (exact) mass is 450 g/mol. The summed E-state index contributed by atoms with van der Waals surface area (Å²) in [4.78, 5) is 0. The second-order valence-electron chi connectivity index (χ2n) is 9.20. The molecule has 0 heterocycles. The van der Waals surface area contributed by atoms with E-state index in [-0.39, 0.29) is 0 Å². The molecule has 0 saturated heterocycles. The van der Waals surface area contributed by atoms with Crippen LogP contribution in [0.1, 0.15) is 109 Å². The van der Waals surface area contributed by atoms with Gasteiger partial charge in [-0.1, -0.05) is 103 Å². The van der Waals surface area contributed by atoms with E-state index in [1.54, 1.807) is 0 Å². The summed E-state index contributed by atoms with van der Waals surface area (Å²) in [7, 11) is 0. The van der Waals surface area contributed by atoms with E-state index in [1.807, 2.05) is 24.3 Å². The summed E-state index contributed by atoms with van der Waals surface area (Å²) >= 11 is 0. The molecule has 0 saturated carbocycles. The van der Waals surface area contributed by atoms with Crippen LogP contribution in [0, 0.1) is 0 Å². The molecule has 3 nitrogen and oxygen atoms in total. The van der Waals surface area contributed by atoms with Crippen molar-refractivity contribution in [2.75, 3.05) is 6.61 Å². The molecule has 0 unspecified atom stereocenters. The van der Waals surface area contributed by atoms with Gasteiger partial charge in [0.1, 0.15) is 5.75 Å². The van der Waals surface area contributed by atoms with Crippen LogP contribution in [0.2, 0.25) is 0 Å². The second kappa shape index (κ2) is 18.3. The number of nitrogens with zero attached hydrogens (tertiary/aromatic N) is 2. The van der Waals surface area contributed by atoms with Crippen LogP contribution in [-0.4, -0.2) is 6.61 Å². The van der Waals surface area contributed by atoms with Crippen molar-refractivity contribution in [3.05, 3.63) is 54.1 Å². The highest BCUT2D eigenvalue weighted by molar-refractivity contribution is 5.43. The zero-order valence-electron chi connectivity index (χ0n) is 21.2. The van der Waals surface area contributed by atoms with E-state index in [2.05, 4.69) is 48.3 Å². The lowest BCUT2D eigenvalue weighted by Crippen LogP contribution is -1.96. The first-order valence-electron chi connectivity index (χ1n) is 13.6. The first-order valence-corrected chi connectivity index (χ1v) is 13.6. The number of benzene rings is 2. The summed E-state index contributed by atoms with van der Waals surface area (Å²) in [5.41, 5.74) is 3.15. The largest absolute Gasteiger partial charge is 0.494 e. The molecule has 2 aromatic carbocycles. The summed E-state index contributed by atoms with van der Waals surface area (Å²) < 4.78 is 5.79. The number of unbranched alkanes of at least 4 members (excludes halogenated alkanes) is 12. The van der Waals surface area contributed by atoms with Crippen LogP contribution in [0.25, 0.3) is 0 Å². The van der Waals surface area contributed by atoms with Crippen molar-refractivity contribution in [3.63, 3.8) is 0 Å². The van der Waals surface area contributed by atoms with Crippen LogP contribution in [0.4, 0.5) is 11.4 Å². The molecule has 0 aromatic heterocycles. The van der Waals surface area contributed by atoms with Gasteiger partial charge < -0.3 is 4.74 Å². The lowest BCUT2D eigenvalue weighted by atomic mass is 10.0. The molecule has 3 heteroatoms. The van der Waals surface area contributed by atoms with Gasteiger partial charge in [0, 0.05) is 0 Å². The lowest BCUT2D eigenvalue weighted by Gasteiger charge is -2.05. The Balaban J connectivity index is 1.59. The van der Waals surface area contributed by atoms with Gasteiger partial charge in [-0.3, -0.25) is 0 Å². The van der Waals surface area contributed by atoms with E-state index in [1.165, 1.54) is 89.0 Å². The standard InChI is InChI=1S/C30H46N2O/c1-3-5-7-9-10-11-12-13-14-15-17-27-18-20-28(21-19-27)31-32-29-22-24-30(25-23-29)33-26-16-8-6-4-2/h18-25H,3-17,26H2,1-2H3. The van der Waals surface area contributed by atoms with Gasteiger partial charge in [-0.25, -0.2) is 0 Å². The molecule has 0 aliphatic carbocycles. The maximum absolute atomic E-state index is 5.79. The van der Waals surface area contributed by atoms with Crippen molar-refractivity contribution >= 4 is 11.4 Å². The Kier molecular flexibility index (Phi) is 15.0. The lowest BCUT2D eigenvalue weighted by molar-refractivity contribution is 0.305. The summed E-state index contributed by atoms with van der Waals surface area (Å²) in [6, 6.07) is 16.4. The Labute approximate surface area is 203 Å². The van der Waals surface area contributed by atoms with Gasteiger partial charge in [0.05, 0.1) is 18.0 Å². The summed E-state index contributed by atoms with van der Waals surface area (Å²) in [6.45, 7) is 5.29. The molecule has 2 rings (SSSR count). The molecule has 0 N–H and O–H groups in total. The van der Waals surface area contributed by atoms with Gasteiger partial charge in [0.25, 0.3) is 0 Å². The van der Waals surface area contributed by atoms with Gasteiger partial charge >= 0.3 is 0 Å². The fourth-order valence-corrected chi connectivity index (χ4v) is 3.99. The van der Waals surface area contributed by atoms with E-state index in [4.69, 9.17) is 4.74 Å². The summed E-state index contributed by atoms with van der Waals surface area (Å²) in [5, 5.41) is 8.75. The molecule has 2 aromatic rings. The van der Waals surface area contributed by atoms with Gasteiger partial charge in [-0.2, -0.15) is 10.2 Å². The fourth-order valence-electron chi connectivity index (χ4n) is 3.99.